The number of carbonyl (C=O) groups excluding carboxylic acids is 3. The lowest BCUT2D eigenvalue weighted by Crippen LogP contribution is -2.53. The number of hydrogen-bond donors (Lipinski definition) is 1. The summed E-state index contributed by atoms with van der Waals surface area (Å²) in [6.45, 7) is 2.94. The Balaban J connectivity index is 0.00000147. The van der Waals surface area contributed by atoms with Crippen molar-refractivity contribution < 1.29 is 19.1 Å². The molecule has 4 saturated heterocycles. The molecule has 6 nitrogen and oxygen atoms in total. The van der Waals surface area contributed by atoms with E-state index in [4.69, 9.17) is 4.74 Å². The Bertz CT molecular complexity index is 421. The van der Waals surface area contributed by atoms with Crippen LogP contribution in [0, 0.1) is 11.8 Å². The van der Waals surface area contributed by atoms with Crippen molar-refractivity contribution in [2.45, 2.75) is 31.8 Å². The molecule has 2 unspecified atom stereocenters. The highest BCUT2D eigenvalue weighted by molar-refractivity contribution is 6.07. The third-order valence-electron chi connectivity index (χ3n) is 4.39. The lowest BCUT2D eigenvalue weighted by atomic mass is 9.85. The van der Waals surface area contributed by atoms with Crippen LogP contribution in [-0.2, 0) is 19.1 Å². The van der Waals surface area contributed by atoms with E-state index in [9.17, 15) is 14.4 Å². The summed E-state index contributed by atoms with van der Waals surface area (Å²) in [4.78, 5) is 37.0. The Morgan fingerprint density at radius 1 is 1.20 bits per heavy atom. The second-order valence-electron chi connectivity index (χ2n) is 5.62. The maximum Gasteiger partial charge on any atom is 0.318 e. The topological polar surface area (TPSA) is 75.7 Å². The van der Waals surface area contributed by atoms with E-state index in [2.05, 4.69) is 10.2 Å². The van der Waals surface area contributed by atoms with Crippen LogP contribution in [0.3, 0.4) is 0 Å². The van der Waals surface area contributed by atoms with Crippen LogP contribution in [0.4, 0.5) is 0 Å². The summed E-state index contributed by atoms with van der Waals surface area (Å²) in [7, 11) is 0. The van der Waals surface area contributed by atoms with E-state index >= 15 is 0 Å². The maximum atomic E-state index is 12.0. The molecule has 4 aliphatic rings. The molecule has 2 amide bonds. The zero-order valence-corrected chi connectivity index (χ0v) is 12.0. The Hall–Kier alpha value is -1.14. The Labute approximate surface area is 123 Å². The van der Waals surface area contributed by atoms with Crippen molar-refractivity contribution in [3.8, 4) is 0 Å². The van der Waals surface area contributed by atoms with E-state index in [0.29, 0.717) is 5.92 Å². The Morgan fingerprint density at radius 2 is 1.90 bits per heavy atom. The van der Waals surface area contributed by atoms with Crippen molar-refractivity contribution in [3.63, 3.8) is 0 Å². The normalized spacial score (nSPS) is 36.0. The fraction of sp³-hybridized carbons (Fsp3) is 0.769. The zero-order chi connectivity index (χ0) is 13.4. The van der Waals surface area contributed by atoms with Gasteiger partial charge in [0.15, 0.2) is 0 Å². The summed E-state index contributed by atoms with van der Waals surface area (Å²) >= 11 is 0. The Kier molecular flexibility index (Phi) is 4.65. The standard InChI is InChI=1S/C13H18N2O4.ClH/c16-11-2-1-9(12(17)14-11)13(18)19-10-7-15-5-3-8(10)4-6-15;/h8-10H,1-7H2,(H,14,16,17);1H. The first-order chi connectivity index (χ1) is 9.13. The highest BCUT2D eigenvalue weighted by Crippen LogP contribution is 2.30. The summed E-state index contributed by atoms with van der Waals surface area (Å²) in [5, 5.41) is 2.19. The molecule has 20 heavy (non-hydrogen) atoms. The van der Waals surface area contributed by atoms with Crippen molar-refractivity contribution in [2.75, 3.05) is 19.6 Å². The summed E-state index contributed by atoms with van der Waals surface area (Å²) in [6.07, 6.45) is 2.53. The third kappa shape index (κ3) is 2.96. The number of carbonyl (C=O) groups is 3. The summed E-state index contributed by atoms with van der Waals surface area (Å²) in [6, 6.07) is 0. The van der Waals surface area contributed by atoms with Gasteiger partial charge in [-0.2, -0.15) is 0 Å². The van der Waals surface area contributed by atoms with Crippen molar-refractivity contribution in [3.05, 3.63) is 0 Å². The molecule has 0 aliphatic carbocycles. The van der Waals surface area contributed by atoms with Crippen molar-refractivity contribution >= 4 is 30.2 Å². The molecule has 0 aromatic carbocycles. The van der Waals surface area contributed by atoms with E-state index in [1.54, 1.807) is 0 Å². The van der Waals surface area contributed by atoms with Crippen molar-refractivity contribution in [2.24, 2.45) is 11.8 Å². The second-order valence-corrected chi connectivity index (χ2v) is 5.62. The quantitative estimate of drug-likeness (QED) is 0.445. The number of esters is 1. The van der Waals surface area contributed by atoms with Gasteiger partial charge in [0.05, 0.1) is 0 Å². The predicted molar refractivity (Wildman–Crippen MR) is 72.2 cm³/mol. The first-order valence-corrected chi connectivity index (χ1v) is 6.90. The molecular formula is C13H19ClN2O4. The summed E-state index contributed by atoms with van der Waals surface area (Å²) in [5.74, 6) is -1.67. The molecular weight excluding hydrogens is 284 g/mol. The van der Waals surface area contributed by atoms with Gasteiger partial charge >= 0.3 is 5.97 Å². The third-order valence-corrected chi connectivity index (χ3v) is 4.39. The van der Waals surface area contributed by atoms with E-state index in [1.165, 1.54) is 0 Å². The molecule has 0 saturated carbocycles. The van der Waals surface area contributed by atoms with Gasteiger partial charge in [-0.15, -0.1) is 12.4 Å². The lowest BCUT2D eigenvalue weighted by molar-refractivity contribution is -0.167. The first kappa shape index (κ1) is 15.3. The minimum atomic E-state index is -0.812. The monoisotopic (exact) mass is 302 g/mol. The molecule has 1 N–H and O–H groups in total. The van der Waals surface area contributed by atoms with Gasteiger partial charge in [0.1, 0.15) is 12.0 Å². The SMILES string of the molecule is Cl.O=C1CCC(C(=O)OC2CN3CCC2CC3)C(=O)N1. The first-order valence-electron chi connectivity index (χ1n) is 6.90. The molecule has 4 fully saturated rings. The molecule has 4 heterocycles. The van der Waals surface area contributed by atoms with Crippen LogP contribution in [0.25, 0.3) is 0 Å². The molecule has 112 valence electrons. The van der Waals surface area contributed by atoms with Gasteiger partial charge in [0.2, 0.25) is 11.8 Å². The van der Waals surface area contributed by atoms with Crippen LogP contribution in [-0.4, -0.2) is 48.4 Å². The van der Waals surface area contributed by atoms with Gasteiger partial charge in [0.25, 0.3) is 0 Å². The van der Waals surface area contributed by atoms with Gasteiger partial charge < -0.3 is 4.74 Å². The fourth-order valence-electron chi connectivity index (χ4n) is 3.19. The van der Waals surface area contributed by atoms with Crippen LogP contribution in [0.1, 0.15) is 25.7 Å². The molecule has 2 bridgehead atoms. The van der Waals surface area contributed by atoms with Crippen LogP contribution < -0.4 is 5.32 Å². The highest BCUT2D eigenvalue weighted by Gasteiger charge is 2.40. The minimum absolute atomic E-state index is 0. The number of amides is 2. The summed E-state index contributed by atoms with van der Waals surface area (Å²) in [5.41, 5.74) is 0. The number of nitrogens with one attached hydrogen (secondary N) is 1. The summed E-state index contributed by atoms with van der Waals surface area (Å²) < 4.78 is 5.52. The molecule has 2 atom stereocenters. The van der Waals surface area contributed by atoms with Gasteiger partial charge in [0, 0.05) is 13.0 Å². The minimum Gasteiger partial charge on any atom is -0.460 e. The van der Waals surface area contributed by atoms with Gasteiger partial charge in [-0.25, -0.2) is 0 Å². The van der Waals surface area contributed by atoms with Gasteiger partial charge in [-0.05, 0) is 38.3 Å². The molecule has 0 radical (unpaired) electrons. The smallest absolute Gasteiger partial charge is 0.318 e. The van der Waals surface area contributed by atoms with Crippen LogP contribution in [0.5, 0.6) is 0 Å². The van der Waals surface area contributed by atoms with Crippen LogP contribution in [0.2, 0.25) is 0 Å². The second kappa shape index (κ2) is 6.10. The van der Waals surface area contributed by atoms with Gasteiger partial charge in [-0.1, -0.05) is 0 Å². The van der Waals surface area contributed by atoms with E-state index < -0.39 is 17.8 Å². The van der Waals surface area contributed by atoms with Gasteiger partial charge in [-0.3, -0.25) is 24.6 Å². The van der Waals surface area contributed by atoms with E-state index in [-0.39, 0.29) is 37.3 Å². The average Bonchev–Trinajstić information content (AvgIpc) is 2.39. The number of nitrogens with zero attached hydrogens (tertiary/aromatic N) is 1. The molecule has 4 rings (SSSR count). The highest BCUT2D eigenvalue weighted by atomic mass is 35.5. The van der Waals surface area contributed by atoms with Crippen molar-refractivity contribution in [1.82, 2.24) is 10.2 Å². The molecule has 7 heteroatoms. The van der Waals surface area contributed by atoms with Crippen molar-refractivity contribution in [1.29, 1.82) is 0 Å². The van der Waals surface area contributed by atoms with Crippen LogP contribution in [0.15, 0.2) is 0 Å². The number of hydrogen-bond acceptors (Lipinski definition) is 5. The van der Waals surface area contributed by atoms with Crippen LogP contribution >= 0.6 is 12.4 Å². The molecule has 0 spiro atoms. The lowest BCUT2D eigenvalue weighted by Gasteiger charge is -2.44. The number of halogens is 1. The largest absolute Gasteiger partial charge is 0.460 e. The molecule has 0 aromatic heterocycles. The van der Waals surface area contributed by atoms with E-state index in [1.807, 2.05) is 0 Å². The number of rotatable bonds is 2. The predicted octanol–water partition coefficient (Wildman–Crippen LogP) is 0.0984. The fourth-order valence-corrected chi connectivity index (χ4v) is 3.19. The molecule has 4 aliphatic heterocycles. The average molecular weight is 303 g/mol. The Morgan fingerprint density at radius 3 is 2.45 bits per heavy atom. The maximum absolute atomic E-state index is 12.0. The van der Waals surface area contributed by atoms with E-state index in [0.717, 1.165) is 32.5 Å². The molecule has 0 aromatic rings. The number of ether oxygens (including phenoxy) is 1. The number of piperidine rings is 4. The zero-order valence-electron chi connectivity index (χ0n) is 11.2. The number of fused-ring (bicyclic) bond motifs is 3. The number of imide groups is 1.